The number of allylic oxidation sites excluding steroid dienone is 3. The third-order valence-corrected chi connectivity index (χ3v) is 5.94. The highest BCUT2D eigenvalue weighted by Gasteiger charge is 2.48. The van der Waals surface area contributed by atoms with E-state index in [0.29, 0.717) is 5.69 Å². The van der Waals surface area contributed by atoms with Crippen LogP contribution in [0, 0.1) is 11.8 Å². The number of fused-ring (bicyclic) bond motifs is 2. The fraction of sp³-hybridized carbons (Fsp3) is 0.182. The summed E-state index contributed by atoms with van der Waals surface area (Å²) in [4.78, 5) is 25.7. The van der Waals surface area contributed by atoms with Crippen molar-refractivity contribution in [2.24, 2.45) is 17.6 Å². The molecule has 8 nitrogen and oxygen atoms in total. The van der Waals surface area contributed by atoms with Crippen molar-refractivity contribution in [2.45, 2.75) is 13.8 Å². The van der Waals surface area contributed by atoms with Gasteiger partial charge in [-0.05, 0) is 30.3 Å². The van der Waals surface area contributed by atoms with Gasteiger partial charge in [-0.2, -0.15) is 8.42 Å². The normalized spacial score (nSPS) is 20.2. The molecule has 0 heterocycles. The van der Waals surface area contributed by atoms with Gasteiger partial charge in [0.15, 0.2) is 11.6 Å². The molecule has 2 aromatic carbocycles. The predicted octanol–water partition coefficient (Wildman–Crippen LogP) is 3.10. The maximum atomic E-state index is 13.2. The smallest absolute Gasteiger partial charge is 0.296 e. The molecule has 2 aromatic rings. The van der Waals surface area contributed by atoms with E-state index in [4.69, 9.17) is 5.73 Å². The molecule has 0 amide bonds. The Hall–Kier alpha value is -3.43. The summed E-state index contributed by atoms with van der Waals surface area (Å²) in [6.45, 7) is 4.00. The van der Waals surface area contributed by atoms with E-state index in [1.165, 1.54) is 36.4 Å². The Bertz CT molecular complexity index is 1210. The molecule has 0 spiro atoms. The third kappa shape index (κ3) is 3.97. The van der Waals surface area contributed by atoms with Gasteiger partial charge >= 0.3 is 0 Å². The lowest BCUT2D eigenvalue weighted by molar-refractivity contribution is 0.0785. The number of phenolic OH excluding ortho intramolecular Hbond substituents is 1. The number of benzene rings is 2. The van der Waals surface area contributed by atoms with E-state index >= 15 is 0 Å². The molecule has 9 heteroatoms. The summed E-state index contributed by atoms with van der Waals surface area (Å²) in [5.41, 5.74) is 6.52. The second-order valence-corrected chi connectivity index (χ2v) is 8.19. The first kappa shape index (κ1) is 22.3. The van der Waals surface area contributed by atoms with Gasteiger partial charge in [-0.15, -0.1) is 0 Å². The van der Waals surface area contributed by atoms with Crippen LogP contribution in [0.1, 0.15) is 34.6 Å². The molecule has 4 rings (SSSR count). The van der Waals surface area contributed by atoms with Crippen LogP contribution in [0.2, 0.25) is 0 Å². The molecule has 2 unspecified atom stereocenters. The molecular weight excluding hydrogens is 420 g/mol. The standard InChI is InChI=1S/C20H16N2O6S.C2H6/c21-18-15(29(26,27)28)9-14(22-10-5-7-11(23)8-6-10)16-17(18)20(25)13-4-2-1-3-12(13)19(16)24;1-2/h1-9,16-17,22-23H,21H2,(H,26,27,28);1-2H3. The fourth-order valence-electron chi connectivity index (χ4n) is 3.71. The van der Waals surface area contributed by atoms with Crippen LogP contribution in [0.25, 0.3) is 0 Å². The molecule has 5 N–H and O–H groups in total. The van der Waals surface area contributed by atoms with Crippen LogP contribution in [0.4, 0.5) is 5.69 Å². The molecule has 0 saturated carbocycles. The molecule has 0 radical (unpaired) electrons. The van der Waals surface area contributed by atoms with Crippen LogP contribution in [-0.4, -0.2) is 29.6 Å². The topological polar surface area (TPSA) is 147 Å². The first-order valence-electron chi connectivity index (χ1n) is 9.60. The van der Waals surface area contributed by atoms with E-state index in [2.05, 4.69) is 5.32 Å². The fourth-order valence-corrected chi connectivity index (χ4v) is 4.41. The maximum absolute atomic E-state index is 13.2. The average molecular weight is 442 g/mol. The van der Waals surface area contributed by atoms with Crippen LogP contribution < -0.4 is 11.1 Å². The lowest BCUT2D eigenvalue weighted by Crippen LogP contribution is -2.44. The number of nitrogens with two attached hydrogens (primary N) is 1. The molecule has 2 aliphatic rings. The average Bonchev–Trinajstić information content (AvgIpc) is 2.75. The Morgan fingerprint density at radius 1 is 0.903 bits per heavy atom. The van der Waals surface area contributed by atoms with Gasteiger partial charge in [-0.3, -0.25) is 14.1 Å². The monoisotopic (exact) mass is 442 g/mol. The number of hydrogen-bond acceptors (Lipinski definition) is 7. The molecule has 0 aliphatic heterocycles. The second-order valence-electron chi connectivity index (χ2n) is 6.80. The Morgan fingerprint density at radius 3 is 1.94 bits per heavy atom. The SMILES string of the molecule is CC.NC1=C(S(=O)(=O)O)C=C(Nc2ccc(O)cc2)C2C(=O)c3ccccc3C(=O)C12. The van der Waals surface area contributed by atoms with Crippen molar-refractivity contribution in [3.63, 3.8) is 0 Å². The van der Waals surface area contributed by atoms with Gasteiger partial charge in [0, 0.05) is 28.2 Å². The molecule has 0 bridgehead atoms. The van der Waals surface area contributed by atoms with E-state index in [1.54, 1.807) is 12.1 Å². The van der Waals surface area contributed by atoms with Gasteiger partial charge in [0.2, 0.25) is 0 Å². The van der Waals surface area contributed by atoms with Crippen molar-refractivity contribution in [3.8, 4) is 5.75 Å². The number of hydrogen-bond donors (Lipinski definition) is 4. The third-order valence-electron chi connectivity index (χ3n) is 5.03. The lowest BCUT2D eigenvalue weighted by Gasteiger charge is -2.36. The first-order valence-corrected chi connectivity index (χ1v) is 11.0. The van der Waals surface area contributed by atoms with Gasteiger partial charge in [-0.25, -0.2) is 0 Å². The minimum Gasteiger partial charge on any atom is -0.508 e. The van der Waals surface area contributed by atoms with Gasteiger partial charge in [0.05, 0.1) is 11.8 Å². The summed E-state index contributed by atoms with van der Waals surface area (Å²) in [6, 6.07) is 12.1. The second kappa shape index (κ2) is 8.37. The molecule has 2 aliphatic carbocycles. The Labute approximate surface area is 179 Å². The number of anilines is 1. The molecule has 162 valence electrons. The number of Topliss-reactive ketones (excluding diaryl/α,β-unsaturated/α-hetero) is 2. The summed E-state index contributed by atoms with van der Waals surface area (Å²) in [6.07, 6.45) is 1.07. The van der Waals surface area contributed by atoms with E-state index < -0.39 is 32.6 Å². The van der Waals surface area contributed by atoms with Crippen LogP contribution in [0.5, 0.6) is 5.75 Å². The lowest BCUT2D eigenvalue weighted by atomic mass is 9.69. The Kier molecular flexibility index (Phi) is 6.01. The van der Waals surface area contributed by atoms with Gasteiger partial charge in [0.25, 0.3) is 10.1 Å². The molecule has 0 saturated heterocycles. The van der Waals surface area contributed by atoms with Gasteiger partial charge in [0.1, 0.15) is 10.7 Å². The maximum Gasteiger partial charge on any atom is 0.296 e. The predicted molar refractivity (Wildman–Crippen MR) is 116 cm³/mol. The summed E-state index contributed by atoms with van der Waals surface area (Å²) in [7, 11) is -4.74. The van der Waals surface area contributed by atoms with Crippen LogP contribution in [0.15, 0.2) is 70.9 Å². The minimum atomic E-state index is -4.74. The van der Waals surface area contributed by atoms with Gasteiger partial charge in [-0.1, -0.05) is 38.1 Å². The molecular formula is C22H22N2O6S. The quantitative estimate of drug-likeness (QED) is 0.419. The van der Waals surface area contributed by atoms with Crippen molar-refractivity contribution in [1.82, 2.24) is 0 Å². The highest BCUT2D eigenvalue weighted by Crippen LogP contribution is 2.42. The number of carbonyl (C=O) groups excluding carboxylic acids is 2. The van der Waals surface area contributed by atoms with Crippen LogP contribution in [-0.2, 0) is 10.1 Å². The van der Waals surface area contributed by atoms with E-state index in [0.717, 1.165) is 6.08 Å². The molecule has 2 atom stereocenters. The molecule has 0 aromatic heterocycles. The zero-order valence-corrected chi connectivity index (χ0v) is 17.7. The van der Waals surface area contributed by atoms with Crippen molar-refractivity contribution in [3.05, 3.63) is 82.0 Å². The van der Waals surface area contributed by atoms with E-state index in [1.807, 2.05) is 13.8 Å². The highest BCUT2D eigenvalue weighted by atomic mass is 32.2. The number of ketones is 2. The number of carbonyl (C=O) groups is 2. The summed E-state index contributed by atoms with van der Waals surface area (Å²) in [5, 5.41) is 12.4. The van der Waals surface area contributed by atoms with Crippen molar-refractivity contribution >= 4 is 27.4 Å². The van der Waals surface area contributed by atoms with Crippen molar-refractivity contribution < 1.29 is 27.7 Å². The highest BCUT2D eigenvalue weighted by molar-refractivity contribution is 7.90. The van der Waals surface area contributed by atoms with Crippen LogP contribution >= 0.6 is 0 Å². The first-order chi connectivity index (χ1) is 14.7. The Balaban J connectivity index is 0.00000132. The minimum absolute atomic E-state index is 0.0201. The molecule has 31 heavy (non-hydrogen) atoms. The van der Waals surface area contributed by atoms with Gasteiger partial charge < -0.3 is 16.2 Å². The number of phenols is 1. The largest absolute Gasteiger partial charge is 0.508 e. The number of rotatable bonds is 3. The number of nitrogens with one attached hydrogen (secondary N) is 1. The summed E-state index contributed by atoms with van der Waals surface area (Å²) < 4.78 is 33.3. The Morgan fingerprint density at radius 2 is 1.42 bits per heavy atom. The summed E-state index contributed by atoms with van der Waals surface area (Å²) >= 11 is 0. The van der Waals surface area contributed by atoms with E-state index in [-0.39, 0.29) is 34.1 Å². The zero-order valence-electron chi connectivity index (χ0n) is 16.9. The van der Waals surface area contributed by atoms with Crippen molar-refractivity contribution in [1.29, 1.82) is 0 Å². The van der Waals surface area contributed by atoms with E-state index in [9.17, 15) is 27.7 Å². The zero-order chi connectivity index (χ0) is 22.9. The summed E-state index contributed by atoms with van der Waals surface area (Å²) in [5.74, 6) is -3.20. The molecule has 0 fully saturated rings. The number of aromatic hydroxyl groups is 1. The van der Waals surface area contributed by atoms with Crippen molar-refractivity contribution in [2.75, 3.05) is 5.32 Å². The van der Waals surface area contributed by atoms with Crippen LogP contribution in [0.3, 0.4) is 0 Å².